The number of benzene rings is 2. The first-order valence-corrected chi connectivity index (χ1v) is 20.0. The lowest BCUT2D eigenvalue weighted by molar-refractivity contribution is 0.109. The van der Waals surface area contributed by atoms with Crippen LogP contribution in [0.25, 0.3) is 0 Å². The molecule has 0 amide bonds. The average molecular weight is 677 g/mol. The summed E-state index contributed by atoms with van der Waals surface area (Å²) in [5, 5.41) is 13.7. The average Bonchev–Trinajstić information content (AvgIpc) is 3.11. The SMILES string of the molecule is C=CCO[Si](CCCNCCNCc1ccccc1)(OC)OC.C=CCO[Si](CCCNCCNCc1ccccc1)(OC)OC. The van der Waals surface area contributed by atoms with Gasteiger partial charge in [-0.25, -0.2) is 0 Å². The van der Waals surface area contributed by atoms with E-state index in [0.29, 0.717) is 13.2 Å². The molecule has 2 rings (SSSR count). The topological polar surface area (TPSA) is 104 Å². The van der Waals surface area contributed by atoms with Crippen LogP contribution in [0.1, 0.15) is 24.0 Å². The van der Waals surface area contributed by atoms with Crippen molar-refractivity contribution in [3.63, 3.8) is 0 Å². The van der Waals surface area contributed by atoms with Crippen LogP contribution in [0.4, 0.5) is 0 Å². The molecule has 0 aliphatic rings. The summed E-state index contributed by atoms with van der Waals surface area (Å²) in [4.78, 5) is 0. The maximum Gasteiger partial charge on any atom is 0.500 e. The van der Waals surface area contributed by atoms with Gasteiger partial charge in [-0.05, 0) is 37.1 Å². The lowest BCUT2D eigenvalue weighted by atomic mass is 10.2. The minimum atomic E-state index is -2.51. The van der Waals surface area contributed by atoms with Crippen molar-refractivity contribution in [2.75, 3.05) is 80.9 Å². The molecule has 260 valence electrons. The Morgan fingerprint density at radius 2 is 0.870 bits per heavy atom. The first kappa shape index (κ1) is 42.0. The molecule has 0 aliphatic carbocycles. The fraction of sp³-hybridized carbons (Fsp3) is 0.529. The Morgan fingerprint density at radius 1 is 0.522 bits per heavy atom. The lowest BCUT2D eigenvalue weighted by Crippen LogP contribution is -2.44. The largest absolute Gasteiger partial charge is 0.500 e. The van der Waals surface area contributed by atoms with Crippen LogP contribution in [0, 0.1) is 0 Å². The van der Waals surface area contributed by atoms with Gasteiger partial charge in [-0.15, -0.1) is 13.2 Å². The highest BCUT2D eigenvalue weighted by Crippen LogP contribution is 2.16. The van der Waals surface area contributed by atoms with Crippen LogP contribution in [0.15, 0.2) is 86.0 Å². The van der Waals surface area contributed by atoms with E-state index in [4.69, 9.17) is 26.6 Å². The molecule has 4 N–H and O–H groups in total. The highest BCUT2D eigenvalue weighted by atomic mass is 28.4. The third-order valence-electron chi connectivity index (χ3n) is 7.06. The van der Waals surface area contributed by atoms with Crippen LogP contribution in [-0.2, 0) is 39.6 Å². The predicted molar refractivity (Wildman–Crippen MR) is 193 cm³/mol. The van der Waals surface area contributed by atoms with Crippen LogP contribution < -0.4 is 21.3 Å². The van der Waals surface area contributed by atoms with Gasteiger partial charge in [0.15, 0.2) is 0 Å². The molecule has 2 aromatic rings. The second-order valence-electron chi connectivity index (χ2n) is 10.4. The van der Waals surface area contributed by atoms with Crippen molar-refractivity contribution in [3.05, 3.63) is 97.1 Å². The normalized spacial score (nSPS) is 11.6. The summed E-state index contributed by atoms with van der Waals surface area (Å²) in [7, 11) is 1.59. The minimum Gasteiger partial charge on any atom is -0.377 e. The summed E-state index contributed by atoms with van der Waals surface area (Å²) >= 11 is 0. The summed E-state index contributed by atoms with van der Waals surface area (Å²) in [6.07, 6.45) is 5.36. The Bertz CT molecular complexity index is 907. The first-order valence-electron chi connectivity index (χ1n) is 16.1. The number of hydrogen-bond acceptors (Lipinski definition) is 10. The maximum absolute atomic E-state index is 5.71. The van der Waals surface area contributed by atoms with Gasteiger partial charge in [0.05, 0.1) is 13.2 Å². The molecule has 0 aliphatic heterocycles. The third-order valence-corrected chi connectivity index (χ3v) is 12.7. The summed E-state index contributed by atoms with van der Waals surface area (Å²) in [6.45, 7) is 15.7. The van der Waals surface area contributed by atoms with Crippen molar-refractivity contribution in [2.24, 2.45) is 0 Å². The molecule has 10 nitrogen and oxygen atoms in total. The van der Waals surface area contributed by atoms with Crippen LogP contribution in [0.3, 0.4) is 0 Å². The predicted octanol–water partition coefficient (Wildman–Crippen LogP) is 4.38. The van der Waals surface area contributed by atoms with Crippen molar-refractivity contribution in [1.29, 1.82) is 0 Å². The van der Waals surface area contributed by atoms with Crippen molar-refractivity contribution < 1.29 is 26.6 Å². The molecule has 0 fully saturated rings. The monoisotopic (exact) mass is 676 g/mol. The molecule has 0 saturated heterocycles. The highest BCUT2D eigenvalue weighted by molar-refractivity contribution is 6.61. The van der Waals surface area contributed by atoms with Crippen LogP contribution in [0.2, 0.25) is 12.1 Å². The summed E-state index contributed by atoms with van der Waals surface area (Å²) in [5.74, 6) is 0. The molecule has 0 saturated carbocycles. The van der Waals surface area contributed by atoms with E-state index < -0.39 is 17.6 Å². The van der Waals surface area contributed by atoms with E-state index in [0.717, 1.165) is 77.3 Å². The molecular formula is C34H60N4O6Si2. The van der Waals surface area contributed by atoms with Gasteiger partial charge in [-0.3, -0.25) is 0 Å². The van der Waals surface area contributed by atoms with Crippen molar-refractivity contribution in [2.45, 2.75) is 38.0 Å². The van der Waals surface area contributed by atoms with Gasteiger partial charge in [0.1, 0.15) is 0 Å². The van der Waals surface area contributed by atoms with Crippen molar-refractivity contribution >= 4 is 17.6 Å². The highest BCUT2D eigenvalue weighted by Gasteiger charge is 2.38. The quantitative estimate of drug-likeness (QED) is 0.0590. The van der Waals surface area contributed by atoms with Crippen LogP contribution >= 0.6 is 0 Å². The summed E-state index contributed by atoms with van der Waals surface area (Å²) in [6, 6.07) is 22.4. The standard InChI is InChI=1S/2C17H30N2O3Si/c2*1-4-14-22-23(20-2,21-3)15-8-11-18-12-13-19-16-17-9-6-5-7-10-17/h2*4-7,9-10,18-19H,1,8,11-16H2,2-3H3. The molecule has 0 bridgehead atoms. The van der Waals surface area contributed by atoms with Gasteiger partial charge >= 0.3 is 17.6 Å². The van der Waals surface area contributed by atoms with Gasteiger partial charge in [-0.1, -0.05) is 72.8 Å². The molecule has 0 unspecified atom stereocenters. The van der Waals surface area contributed by atoms with Crippen LogP contribution in [0.5, 0.6) is 0 Å². The van der Waals surface area contributed by atoms with E-state index in [1.165, 1.54) is 11.1 Å². The zero-order valence-corrected chi connectivity index (χ0v) is 30.7. The molecule has 0 spiro atoms. The number of nitrogens with one attached hydrogen (secondary N) is 4. The Kier molecular flexibility index (Phi) is 25.6. The number of hydrogen-bond donors (Lipinski definition) is 4. The van der Waals surface area contributed by atoms with Gasteiger partial charge in [0.2, 0.25) is 0 Å². The van der Waals surface area contributed by atoms with E-state index in [1.807, 2.05) is 12.1 Å². The number of rotatable bonds is 28. The Hall–Kier alpha value is -2.05. The summed E-state index contributed by atoms with van der Waals surface area (Å²) < 4.78 is 33.4. The van der Waals surface area contributed by atoms with E-state index in [-0.39, 0.29) is 0 Å². The lowest BCUT2D eigenvalue weighted by Gasteiger charge is -2.25. The summed E-state index contributed by atoms with van der Waals surface area (Å²) in [5.41, 5.74) is 2.62. The Morgan fingerprint density at radius 3 is 1.20 bits per heavy atom. The van der Waals surface area contributed by atoms with Crippen LogP contribution in [-0.4, -0.2) is 98.5 Å². The smallest absolute Gasteiger partial charge is 0.377 e. The minimum absolute atomic E-state index is 0.463. The molecule has 0 radical (unpaired) electrons. The van der Waals surface area contributed by atoms with E-state index in [2.05, 4.69) is 83.0 Å². The molecule has 0 heterocycles. The second kappa shape index (κ2) is 28.0. The van der Waals surface area contributed by atoms with Crippen molar-refractivity contribution in [1.82, 2.24) is 21.3 Å². The van der Waals surface area contributed by atoms with E-state index >= 15 is 0 Å². The van der Waals surface area contributed by atoms with Gasteiger partial charge in [0.25, 0.3) is 0 Å². The third kappa shape index (κ3) is 19.6. The Labute approximate surface area is 281 Å². The van der Waals surface area contributed by atoms with E-state index in [9.17, 15) is 0 Å². The molecule has 2 aromatic carbocycles. The molecule has 46 heavy (non-hydrogen) atoms. The van der Waals surface area contributed by atoms with Gasteiger partial charge < -0.3 is 47.8 Å². The Balaban J connectivity index is 0.000000460. The first-order chi connectivity index (χ1) is 22.5. The van der Waals surface area contributed by atoms with Crippen molar-refractivity contribution in [3.8, 4) is 0 Å². The fourth-order valence-corrected chi connectivity index (χ4v) is 8.32. The maximum atomic E-state index is 5.71. The molecular weight excluding hydrogens is 617 g/mol. The van der Waals surface area contributed by atoms with Gasteiger partial charge in [-0.2, -0.15) is 0 Å². The van der Waals surface area contributed by atoms with Gasteiger partial charge in [0, 0.05) is 79.8 Å². The molecule has 12 heteroatoms. The fourth-order valence-electron chi connectivity index (χ4n) is 4.45. The molecule has 0 aromatic heterocycles. The molecule has 0 atom stereocenters. The second-order valence-corrected chi connectivity index (χ2v) is 16.4. The zero-order valence-electron chi connectivity index (χ0n) is 28.7. The zero-order chi connectivity index (χ0) is 33.6. The van der Waals surface area contributed by atoms with E-state index in [1.54, 1.807) is 40.6 Å².